The molecule has 1 atom stereocenters. The third-order valence-corrected chi connectivity index (χ3v) is 6.49. The van der Waals surface area contributed by atoms with Gasteiger partial charge in [0.2, 0.25) is 5.91 Å². The van der Waals surface area contributed by atoms with E-state index >= 15 is 0 Å². The summed E-state index contributed by atoms with van der Waals surface area (Å²) in [5, 5.41) is 3.08. The molecule has 26 heavy (non-hydrogen) atoms. The first-order chi connectivity index (χ1) is 12.7. The smallest absolute Gasteiger partial charge is 0.223 e. The van der Waals surface area contributed by atoms with Crippen LogP contribution in [0.25, 0.3) is 0 Å². The predicted molar refractivity (Wildman–Crippen MR) is 103 cm³/mol. The van der Waals surface area contributed by atoms with Gasteiger partial charge in [0.1, 0.15) is 0 Å². The summed E-state index contributed by atoms with van der Waals surface area (Å²) >= 11 is 0. The van der Waals surface area contributed by atoms with Gasteiger partial charge in [-0.1, -0.05) is 19.3 Å². The maximum Gasteiger partial charge on any atom is 0.223 e. The molecular formula is C21H38N2O3. The van der Waals surface area contributed by atoms with Crippen molar-refractivity contribution < 1.29 is 14.3 Å². The lowest BCUT2D eigenvalue weighted by atomic mass is 9.83. The average Bonchev–Trinajstić information content (AvgIpc) is 3.04. The molecule has 3 aliphatic rings. The lowest BCUT2D eigenvalue weighted by Crippen LogP contribution is -2.43. The van der Waals surface area contributed by atoms with E-state index in [1.54, 1.807) is 0 Å². The third kappa shape index (κ3) is 5.67. The van der Waals surface area contributed by atoms with Crippen molar-refractivity contribution in [1.82, 2.24) is 10.2 Å². The number of nitrogens with one attached hydrogen (secondary N) is 1. The summed E-state index contributed by atoms with van der Waals surface area (Å²) < 4.78 is 11.8. The zero-order valence-corrected chi connectivity index (χ0v) is 16.6. The van der Waals surface area contributed by atoms with Crippen LogP contribution in [0, 0.1) is 5.92 Å². The molecule has 5 heteroatoms. The number of carbonyl (C=O) groups is 1. The summed E-state index contributed by atoms with van der Waals surface area (Å²) in [7, 11) is 0. The first kappa shape index (κ1) is 20.1. The molecule has 1 spiro atoms. The summed E-state index contributed by atoms with van der Waals surface area (Å²) in [5.41, 5.74) is 0.225. The molecule has 1 aliphatic carbocycles. The second-order valence-electron chi connectivity index (χ2n) is 8.44. The zero-order valence-electron chi connectivity index (χ0n) is 16.6. The Labute approximate surface area is 159 Å². The van der Waals surface area contributed by atoms with E-state index in [0.717, 1.165) is 58.7 Å². The number of ether oxygens (including phenoxy) is 2. The maximum atomic E-state index is 12.3. The molecular weight excluding hydrogens is 328 g/mol. The predicted octanol–water partition coefficient (Wildman–Crippen LogP) is 3.12. The van der Waals surface area contributed by atoms with Crippen LogP contribution < -0.4 is 5.32 Å². The van der Waals surface area contributed by atoms with Gasteiger partial charge in [-0.2, -0.15) is 0 Å². The third-order valence-electron chi connectivity index (χ3n) is 6.49. The van der Waals surface area contributed by atoms with E-state index in [0.29, 0.717) is 6.10 Å². The van der Waals surface area contributed by atoms with Crippen LogP contribution in [-0.4, -0.2) is 61.9 Å². The molecule has 150 valence electrons. The van der Waals surface area contributed by atoms with Crippen molar-refractivity contribution in [2.45, 2.75) is 82.8 Å². The van der Waals surface area contributed by atoms with Crippen LogP contribution in [0.4, 0.5) is 0 Å². The Kier molecular flexibility index (Phi) is 7.77. The van der Waals surface area contributed by atoms with Crippen molar-refractivity contribution in [3.8, 4) is 0 Å². The van der Waals surface area contributed by atoms with Crippen molar-refractivity contribution in [3.05, 3.63) is 0 Å². The molecule has 0 aromatic rings. The topological polar surface area (TPSA) is 50.8 Å². The monoisotopic (exact) mass is 366 g/mol. The zero-order chi connectivity index (χ0) is 18.2. The van der Waals surface area contributed by atoms with Gasteiger partial charge in [-0.3, -0.25) is 4.79 Å². The quantitative estimate of drug-likeness (QED) is 0.671. The first-order valence-corrected chi connectivity index (χ1v) is 11.0. The minimum atomic E-state index is 0.188. The maximum absolute atomic E-state index is 12.3. The number of hydrogen-bond acceptors (Lipinski definition) is 4. The molecule has 2 heterocycles. The Hall–Kier alpha value is -0.650. The molecule has 1 saturated carbocycles. The lowest BCUT2D eigenvalue weighted by molar-refractivity contribution is -0.126. The van der Waals surface area contributed by atoms with E-state index in [1.807, 2.05) is 6.92 Å². The van der Waals surface area contributed by atoms with E-state index in [4.69, 9.17) is 9.47 Å². The normalized spacial score (nSPS) is 27.0. The fraction of sp³-hybridized carbons (Fsp3) is 0.952. The van der Waals surface area contributed by atoms with Gasteiger partial charge in [-0.05, 0) is 65.0 Å². The lowest BCUT2D eigenvalue weighted by Gasteiger charge is -2.36. The van der Waals surface area contributed by atoms with E-state index < -0.39 is 0 Å². The summed E-state index contributed by atoms with van der Waals surface area (Å²) in [6, 6.07) is 0. The van der Waals surface area contributed by atoms with Crippen LogP contribution in [0.15, 0.2) is 0 Å². The molecule has 1 N–H and O–H groups in total. The van der Waals surface area contributed by atoms with E-state index in [9.17, 15) is 4.79 Å². The van der Waals surface area contributed by atoms with Crippen molar-refractivity contribution in [1.29, 1.82) is 0 Å². The van der Waals surface area contributed by atoms with E-state index in [1.165, 1.54) is 44.9 Å². The number of nitrogens with zero attached hydrogens (tertiary/aromatic N) is 1. The minimum absolute atomic E-state index is 0.188. The summed E-state index contributed by atoms with van der Waals surface area (Å²) in [6.07, 6.45) is 12.4. The number of rotatable bonds is 8. The van der Waals surface area contributed by atoms with Crippen LogP contribution in [0.5, 0.6) is 0 Å². The molecule has 1 amide bonds. The Bertz CT molecular complexity index is 429. The second-order valence-corrected chi connectivity index (χ2v) is 8.44. The second kappa shape index (κ2) is 10.0. The van der Waals surface area contributed by atoms with Gasteiger partial charge in [0.25, 0.3) is 0 Å². The Morgan fingerprint density at radius 2 is 1.92 bits per heavy atom. The van der Waals surface area contributed by atoms with Gasteiger partial charge in [-0.25, -0.2) is 0 Å². The summed E-state index contributed by atoms with van der Waals surface area (Å²) in [5.74, 6) is 0.423. The number of piperidine rings is 1. The van der Waals surface area contributed by atoms with Crippen molar-refractivity contribution in [3.63, 3.8) is 0 Å². The molecule has 2 saturated heterocycles. The van der Waals surface area contributed by atoms with Crippen LogP contribution >= 0.6 is 0 Å². The first-order valence-electron chi connectivity index (χ1n) is 11.0. The highest BCUT2D eigenvalue weighted by atomic mass is 16.5. The van der Waals surface area contributed by atoms with Crippen LogP contribution in [-0.2, 0) is 14.3 Å². The molecule has 3 rings (SSSR count). The van der Waals surface area contributed by atoms with Crippen molar-refractivity contribution >= 4 is 5.91 Å². The van der Waals surface area contributed by atoms with Crippen molar-refractivity contribution in [2.75, 3.05) is 39.4 Å². The molecule has 3 fully saturated rings. The van der Waals surface area contributed by atoms with E-state index in [2.05, 4.69) is 10.2 Å². The van der Waals surface area contributed by atoms with Crippen LogP contribution in [0.1, 0.15) is 71.1 Å². The Morgan fingerprint density at radius 1 is 1.15 bits per heavy atom. The van der Waals surface area contributed by atoms with Crippen LogP contribution in [0.2, 0.25) is 0 Å². The molecule has 5 nitrogen and oxygen atoms in total. The number of carbonyl (C=O) groups excluding carboxylic acids is 1. The van der Waals surface area contributed by atoms with Gasteiger partial charge >= 0.3 is 0 Å². The van der Waals surface area contributed by atoms with Gasteiger partial charge in [0, 0.05) is 32.2 Å². The molecule has 1 unspecified atom stereocenters. The summed E-state index contributed by atoms with van der Waals surface area (Å²) in [4.78, 5) is 14.8. The van der Waals surface area contributed by atoms with Gasteiger partial charge < -0.3 is 19.7 Å². The highest BCUT2D eigenvalue weighted by molar-refractivity contribution is 5.78. The number of hydrogen-bond donors (Lipinski definition) is 1. The van der Waals surface area contributed by atoms with Gasteiger partial charge in [0.15, 0.2) is 0 Å². The SMILES string of the molecule is CCOCCCNC(=O)C1CCN(CC2CCC3(CCCCC3)O2)CC1. The Morgan fingerprint density at radius 3 is 2.65 bits per heavy atom. The van der Waals surface area contributed by atoms with E-state index in [-0.39, 0.29) is 17.4 Å². The van der Waals surface area contributed by atoms with Gasteiger partial charge in [-0.15, -0.1) is 0 Å². The molecule has 2 aliphatic heterocycles. The fourth-order valence-corrected chi connectivity index (χ4v) is 4.93. The number of likely N-dealkylation sites (tertiary alicyclic amines) is 1. The average molecular weight is 367 g/mol. The molecule has 0 radical (unpaired) electrons. The van der Waals surface area contributed by atoms with Crippen molar-refractivity contribution in [2.24, 2.45) is 5.92 Å². The molecule has 0 aromatic carbocycles. The largest absolute Gasteiger partial charge is 0.382 e. The number of amides is 1. The standard InChI is InChI=1S/C21H38N2O3/c1-2-25-16-6-13-22-20(24)18-8-14-23(15-9-18)17-19-7-12-21(26-19)10-4-3-5-11-21/h18-19H,2-17H2,1H3,(H,22,24). The minimum Gasteiger partial charge on any atom is -0.382 e. The molecule has 0 bridgehead atoms. The Balaban J connectivity index is 1.31. The highest BCUT2D eigenvalue weighted by Crippen LogP contribution is 2.42. The van der Waals surface area contributed by atoms with Crippen LogP contribution in [0.3, 0.4) is 0 Å². The fourth-order valence-electron chi connectivity index (χ4n) is 4.93. The molecule has 0 aromatic heterocycles. The highest BCUT2D eigenvalue weighted by Gasteiger charge is 2.41. The van der Waals surface area contributed by atoms with Gasteiger partial charge in [0.05, 0.1) is 11.7 Å². The summed E-state index contributed by atoms with van der Waals surface area (Å²) in [6.45, 7) is 7.34.